The van der Waals surface area contributed by atoms with Gasteiger partial charge in [0.25, 0.3) is 0 Å². The second-order valence-electron chi connectivity index (χ2n) is 2.54. The van der Waals surface area contributed by atoms with E-state index in [4.69, 9.17) is 4.74 Å². The van der Waals surface area contributed by atoms with Crippen LogP contribution < -0.4 is 0 Å². The van der Waals surface area contributed by atoms with Crippen LogP contribution in [0, 0.1) is 0 Å². The third-order valence-corrected chi connectivity index (χ3v) is 1.25. The number of halogens is 2. The van der Waals surface area contributed by atoms with E-state index in [1.165, 1.54) is 0 Å². The average molecular weight is 196 g/mol. The Kier molecular flexibility index (Phi) is 6.40. The normalized spacial score (nSPS) is 13.0. The molecular formula is C8H14F2O3. The molecule has 3 nitrogen and oxygen atoms in total. The molecule has 0 bridgehead atoms. The summed E-state index contributed by atoms with van der Waals surface area (Å²) >= 11 is 0. The summed E-state index contributed by atoms with van der Waals surface area (Å²) in [7, 11) is 0. The van der Waals surface area contributed by atoms with Crippen molar-refractivity contribution in [2.75, 3.05) is 13.2 Å². The number of esters is 1. The van der Waals surface area contributed by atoms with Crippen LogP contribution in [-0.2, 0) is 14.3 Å². The van der Waals surface area contributed by atoms with E-state index in [2.05, 4.69) is 4.74 Å². The quantitative estimate of drug-likeness (QED) is 0.605. The van der Waals surface area contributed by atoms with Crippen LogP contribution in [0.25, 0.3) is 0 Å². The molecule has 0 aliphatic heterocycles. The Balaban J connectivity index is 3.46. The summed E-state index contributed by atoms with van der Waals surface area (Å²) in [4.78, 5) is 10.6. The van der Waals surface area contributed by atoms with Gasteiger partial charge in [0.05, 0.1) is 6.10 Å². The summed E-state index contributed by atoms with van der Waals surface area (Å²) in [5, 5.41) is 0. The van der Waals surface area contributed by atoms with Crippen LogP contribution >= 0.6 is 0 Å². The van der Waals surface area contributed by atoms with Gasteiger partial charge in [-0.15, -0.1) is 0 Å². The summed E-state index contributed by atoms with van der Waals surface area (Å²) in [6.45, 7) is 4.05. The van der Waals surface area contributed by atoms with Crippen molar-refractivity contribution < 1.29 is 23.0 Å². The minimum Gasteiger partial charge on any atom is -0.463 e. The number of alkyl halides is 2. The molecule has 78 valence electrons. The van der Waals surface area contributed by atoms with Crippen molar-refractivity contribution in [3.05, 3.63) is 0 Å². The van der Waals surface area contributed by atoms with Crippen LogP contribution in [0.15, 0.2) is 0 Å². The number of ether oxygens (including phenoxy) is 2. The summed E-state index contributed by atoms with van der Waals surface area (Å²) in [5.41, 5.74) is 0. The van der Waals surface area contributed by atoms with E-state index in [1.807, 2.05) is 0 Å². The molecule has 0 aliphatic rings. The molecular weight excluding hydrogens is 182 g/mol. The van der Waals surface area contributed by atoms with Gasteiger partial charge in [0, 0.05) is 6.61 Å². The topological polar surface area (TPSA) is 35.5 Å². The first-order valence-electron chi connectivity index (χ1n) is 4.11. The number of rotatable bonds is 6. The Morgan fingerprint density at radius 1 is 1.46 bits per heavy atom. The van der Waals surface area contributed by atoms with Gasteiger partial charge in [0.2, 0.25) is 6.43 Å². The monoisotopic (exact) mass is 196 g/mol. The van der Waals surface area contributed by atoms with Crippen LogP contribution in [0.4, 0.5) is 8.78 Å². The lowest BCUT2D eigenvalue weighted by atomic mass is 10.4. The fraction of sp³-hybridized carbons (Fsp3) is 0.875. The SMILES string of the molecule is CCOC(C)COC(=O)CC(F)F. The maximum Gasteiger partial charge on any atom is 0.311 e. The highest BCUT2D eigenvalue weighted by atomic mass is 19.3. The molecule has 0 aromatic rings. The Morgan fingerprint density at radius 3 is 2.54 bits per heavy atom. The number of hydrogen-bond acceptors (Lipinski definition) is 3. The van der Waals surface area contributed by atoms with E-state index in [1.54, 1.807) is 13.8 Å². The van der Waals surface area contributed by atoms with Crippen molar-refractivity contribution in [3.8, 4) is 0 Å². The van der Waals surface area contributed by atoms with Crippen molar-refractivity contribution in [2.45, 2.75) is 32.8 Å². The predicted molar refractivity (Wildman–Crippen MR) is 42.7 cm³/mol. The summed E-state index contributed by atoms with van der Waals surface area (Å²) < 4.78 is 32.8. The summed E-state index contributed by atoms with van der Waals surface area (Å²) in [6, 6.07) is 0. The lowest BCUT2D eigenvalue weighted by molar-refractivity contribution is -0.150. The molecule has 0 amide bonds. The van der Waals surface area contributed by atoms with E-state index in [0.29, 0.717) is 6.61 Å². The van der Waals surface area contributed by atoms with Crippen molar-refractivity contribution in [1.29, 1.82) is 0 Å². The molecule has 0 rings (SSSR count). The van der Waals surface area contributed by atoms with Gasteiger partial charge in [-0.2, -0.15) is 0 Å². The van der Waals surface area contributed by atoms with Crippen LogP contribution in [0.1, 0.15) is 20.3 Å². The third kappa shape index (κ3) is 7.64. The van der Waals surface area contributed by atoms with E-state index in [-0.39, 0.29) is 12.7 Å². The smallest absolute Gasteiger partial charge is 0.311 e. The molecule has 13 heavy (non-hydrogen) atoms. The zero-order valence-electron chi connectivity index (χ0n) is 7.76. The average Bonchev–Trinajstić information content (AvgIpc) is 2.00. The Hall–Kier alpha value is -0.710. The first-order chi connectivity index (χ1) is 6.06. The molecule has 0 aromatic carbocycles. The van der Waals surface area contributed by atoms with E-state index < -0.39 is 18.8 Å². The molecule has 0 N–H and O–H groups in total. The van der Waals surface area contributed by atoms with Crippen molar-refractivity contribution in [1.82, 2.24) is 0 Å². The Morgan fingerprint density at radius 2 is 2.08 bits per heavy atom. The van der Waals surface area contributed by atoms with Gasteiger partial charge < -0.3 is 9.47 Å². The first kappa shape index (κ1) is 12.3. The fourth-order valence-electron chi connectivity index (χ4n) is 0.728. The van der Waals surface area contributed by atoms with Gasteiger partial charge >= 0.3 is 5.97 Å². The van der Waals surface area contributed by atoms with Gasteiger partial charge in [-0.1, -0.05) is 0 Å². The first-order valence-corrected chi connectivity index (χ1v) is 4.11. The van der Waals surface area contributed by atoms with Gasteiger partial charge in [-0.3, -0.25) is 4.79 Å². The molecule has 0 fully saturated rings. The number of hydrogen-bond donors (Lipinski definition) is 0. The summed E-state index contributed by atoms with van der Waals surface area (Å²) in [6.07, 6.45) is -3.74. The minimum absolute atomic E-state index is 0.0272. The summed E-state index contributed by atoms with van der Waals surface area (Å²) in [5.74, 6) is -0.887. The van der Waals surface area contributed by atoms with Gasteiger partial charge in [0.1, 0.15) is 13.0 Å². The molecule has 0 aliphatic carbocycles. The molecule has 0 aromatic heterocycles. The molecule has 0 heterocycles. The maximum absolute atomic E-state index is 11.6. The van der Waals surface area contributed by atoms with Crippen LogP contribution in [0.3, 0.4) is 0 Å². The standard InChI is InChI=1S/C8H14F2O3/c1-3-12-6(2)5-13-8(11)4-7(9)10/h6-7H,3-5H2,1-2H3. The highest BCUT2D eigenvalue weighted by Gasteiger charge is 2.13. The predicted octanol–water partition coefficient (Wildman–Crippen LogP) is 1.61. The van der Waals surface area contributed by atoms with Crippen molar-refractivity contribution >= 4 is 5.97 Å². The van der Waals surface area contributed by atoms with Crippen molar-refractivity contribution in [2.24, 2.45) is 0 Å². The highest BCUT2D eigenvalue weighted by Crippen LogP contribution is 2.01. The van der Waals surface area contributed by atoms with Gasteiger partial charge in [-0.25, -0.2) is 8.78 Å². The van der Waals surface area contributed by atoms with Crippen LogP contribution in [0.2, 0.25) is 0 Å². The second-order valence-corrected chi connectivity index (χ2v) is 2.54. The maximum atomic E-state index is 11.6. The zero-order chi connectivity index (χ0) is 10.3. The van der Waals surface area contributed by atoms with Crippen LogP contribution in [0.5, 0.6) is 0 Å². The molecule has 5 heteroatoms. The Labute approximate surface area is 76.0 Å². The zero-order valence-corrected chi connectivity index (χ0v) is 7.76. The molecule has 1 atom stereocenters. The van der Waals surface area contributed by atoms with E-state index in [9.17, 15) is 13.6 Å². The second kappa shape index (κ2) is 6.77. The lowest BCUT2D eigenvalue weighted by Gasteiger charge is -2.11. The largest absolute Gasteiger partial charge is 0.463 e. The van der Waals surface area contributed by atoms with Gasteiger partial charge in [-0.05, 0) is 13.8 Å². The highest BCUT2D eigenvalue weighted by molar-refractivity contribution is 5.69. The molecule has 0 saturated heterocycles. The fourth-order valence-corrected chi connectivity index (χ4v) is 0.728. The molecule has 0 spiro atoms. The molecule has 0 radical (unpaired) electrons. The van der Waals surface area contributed by atoms with E-state index >= 15 is 0 Å². The molecule has 0 saturated carbocycles. The minimum atomic E-state index is -2.64. The lowest BCUT2D eigenvalue weighted by Crippen LogP contribution is -2.20. The number of carbonyl (C=O) groups is 1. The van der Waals surface area contributed by atoms with Crippen LogP contribution in [-0.4, -0.2) is 31.7 Å². The molecule has 1 unspecified atom stereocenters. The Bertz CT molecular complexity index is 150. The van der Waals surface area contributed by atoms with Gasteiger partial charge in [0.15, 0.2) is 0 Å². The van der Waals surface area contributed by atoms with E-state index in [0.717, 1.165) is 0 Å². The third-order valence-electron chi connectivity index (χ3n) is 1.25. The number of carbonyl (C=O) groups excluding carboxylic acids is 1. The van der Waals surface area contributed by atoms with Crippen molar-refractivity contribution in [3.63, 3.8) is 0 Å².